The maximum absolute atomic E-state index is 9.55. The Morgan fingerprint density at radius 1 is 0.958 bits per heavy atom. The van der Waals surface area contributed by atoms with Crippen LogP contribution in [0.15, 0.2) is 48.0 Å². The molecular weight excluding hydrogens is 296 g/mol. The number of phenolic OH excluding ortho intramolecular Hbond substituents is 1. The van der Waals surface area contributed by atoms with Crippen LogP contribution in [0.2, 0.25) is 0 Å². The molecule has 1 unspecified atom stereocenters. The molecule has 0 spiro atoms. The average Bonchev–Trinajstić information content (AvgIpc) is 3.38. The molecule has 24 heavy (non-hydrogen) atoms. The maximum Gasteiger partial charge on any atom is 0.128 e. The summed E-state index contributed by atoms with van der Waals surface area (Å²) in [6.07, 6.45) is 7.46. The van der Waals surface area contributed by atoms with Crippen LogP contribution < -0.4 is 4.74 Å². The Bertz CT molecular complexity index is 806. The van der Waals surface area contributed by atoms with E-state index in [0.717, 1.165) is 23.7 Å². The highest BCUT2D eigenvalue weighted by Crippen LogP contribution is 2.52. The van der Waals surface area contributed by atoms with E-state index >= 15 is 0 Å². The number of phenols is 1. The van der Waals surface area contributed by atoms with Crippen LogP contribution in [0.25, 0.3) is 5.57 Å². The van der Waals surface area contributed by atoms with Gasteiger partial charge in [-0.3, -0.25) is 0 Å². The van der Waals surface area contributed by atoms with E-state index in [1.165, 1.54) is 43.2 Å². The van der Waals surface area contributed by atoms with Crippen molar-refractivity contribution in [1.29, 1.82) is 0 Å². The summed E-state index contributed by atoms with van der Waals surface area (Å²) in [4.78, 5) is 0. The number of hydrogen-bond acceptors (Lipinski definition) is 2. The second-order valence-corrected chi connectivity index (χ2v) is 7.33. The van der Waals surface area contributed by atoms with Crippen molar-refractivity contribution in [1.82, 2.24) is 0 Å². The van der Waals surface area contributed by atoms with Gasteiger partial charge in [-0.15, -0.1) is 0 Å². The Kier molecular flexibility index (Phi) is 3.19. The minimum absolute atomic E-state index is 0.0515. The Balaban J connectivity index is 1.60. The van der Waals surface area contributed by atoms with Crippen molar-refractivity contribution in [3.63, 3.8) is 0 Å². The molecule has 5 rings (SSSR count). The number of ether oxygens (including phenoxy) is 1. The number of hydrogen-bond donors (Lipinski definition) is 1. The molecule has 122 valence electrons. The molecule has 2 aromatic carbocycles. The number of allylic oxidation sites excluding steroid dienone is 1. The lowest BCUT2D eigenvalue weighted by Crippen LogP contribution is -2.18. The molecule has 2 heteroatoms. The molecule has 0 radical (unpaired) electrons. The van der Waals surface area contributed by atoms with E-state index in [1.54, 1.807) is 23.3 Å². The molecule has 1 N–H and O–H groups in total. The van der Waals surface area contributed by atoms with Crippen LogP contribution in [0.5, 0.6) is 11.5 Å². The molecule has 0 saturated heterocycles. The summed E-state index contributed by atoms with van der Waals surface area (Å²) in [7, 11) is 0. The summed E-state index contributed by atoms with van der Waals surface area (Å²) in [6.45, 7) is 0. The molecular formula is C22H22O2. The molecule has 2 aromatic rings. The SMILES string of the molecule is Oc1ccc(C2CC(=C3CCC3)c3c(cccc3C3CC3)O2)cc1. The van der Waals surface area contributed by atoms with Crippen LogP contribution in [0, 0.1) is 0 Å². The Labute approximate surface area is 142 Å². The van der Waals surface area contributed by atoms with Crippen molar-refractivity contribution >= 4 is 5.57 Å². The highest BCUT2D eigenvalue weighted by atomic mass is 16.5. The van der Waals surface area contributed by atoms with E-state index < -0.39 is 0 Å². The molecule has 2 aliphatic carbocycles. The van der Waals surface area contributed by atoms with Crippen molar-refractivity contribution in [2.75, 3.05) is 0 Å². The molecule has 0 amide bonds. The van der Waals surface area contributed by atoms with Crippen molar-refractivity contribution in [3.05, 3.63) is 64.7 Å². The lowest BCUT2D eigenvalue weighted by Gasteiger charge is -2.34. The highest BCUT2D eigenvalue weighted by Gasteiger charge is 2.34. The van der Waals surface area contributed by atoms with Crippen molar-refractivity contribution in [2.24, 2.45) is 0 Å². The van der Waals surface area contributed by atoms with Crippen molar-refractivity contribution in [3.8, 4) is 11.5 Å². The van der Waals surface area contributed by atoms with E-state index in [1.807, 2.05) is 12.1 Å². The standard InChI is InChI=1S/C22H22O2/c23-17-11-9-16(10-12-17)21-13-19(14-3-1-4-14)22-18(15-7-8-15)5-2-6-20(22)24-21/h2,5-6,9-12,15,21,23H,1,3-4,7-8,13H2. The maximum atomic E-state index is 9.55. The largest absolute Gasteiger partial charge is 0.508 e. The molecule has 0 bridgehead atoms. The van der Waals surface area contributed by atoms with Gasteiger partial charge in [-0.05, 0) is 72.9 Å². The van der Waals surface area contributed by atoms with Gasteiger partial charge in [0.25, 0.3) is 0 Å². The minimum atomic E-state index is 0.0515. The second-order valence-electron chi connectivity index (χ2n) is 7.33. The van der Waals surface area contributed by atoms with Gasteiger partial charge in [-0.2, -0.15) is 0 Å². The lowest BCUT2D eigenvalue weighted by atomic mass is 9.79. The summed E-state index contributed by atoms with van der Waals surface area (Å²) in [5.74, 6) is 2.10. The van der Waals surface area contributed by atoms with Gasteiger partial charge >= 0.3 is 0 Å². The van der Waals surface area contributed by atoms with E-state index in [-0.39, 0.29) is 6.10 Å². The third kappa shape index (κ3) is 2.32. The zero-order valence-corrected chi connectivity index (χ0v) is 13.8. The van der Waals surface area contributed by atoms with Crippen LogP contribution in [-0.4, -0.2) is 5.11 Å². The van der Waals surface area contributed by atoms with Crippen LogP contribution in [-0.2, 0) is 0 Å². The van der Waals surface area contributed by atoms with Gasteiger partial charge in [0.15, 0.2) is 0 Å². The summed E-state index contributed by atoms with van der Waals surface area (Å²) in [5.41, 5.74) is 7.24. The van der Waals surface area contributed by atoms with Gasteiger partial charge in [-0.1, -0.05) is 29.8 Å². The third-order valence-corrected chi connectivity index (χ3v) is 5.68. The third-order valence-electron chi connectivity index (χ3n) is 5.68. The first-order chi connectivity index (χ1) is 11.8. The topological polar surface area (TPSA) is 29.5 Å². The van der Waals surface area contributed by atoms with E-state index in [4.69, 9.17) is 4.74 Å². The lowest BCUT2D eigenvalue weighted by molar-refractivity contribution is 0.201. The van der Waals surface area contributed by atoms with Crippen LogP contribution >= 0.6 is 0 Å². The van der Waals surface area contributed by atoms with Gasteiger partial charge in [-0.25, -0.2) is 0 Å². The van der Waals surface area contributed by atoms with Crippen molar-refractivity contribution < 1.29 is 9.84 Å². The summed E-state index contributed by atoms with van der Waals surface area (Å²) in [6, 6.07) is 14.1. The fraction of sp³-hybridized carbons (Fsp3) is 0.364. The van der Waals surface area contributed by atoms with Gasteiger partial charge in [0.1, 0.15) is 17.6 Å². The Hall–Kier alpha value is -2.22. The number of aromatic hydroxyl groups is 1. The first-order valence-corrected chi connectivity index (χ1v) is 9.09. The zero-order valence-electron chi connectivity index (χ0n) is 13.8. The van der Waals surface area contributed by atoms with Crippen LogP contribution in [0.3, 0.4) is 0 Å². The molecule has 1 heterocycles. The molecule has 2 saturated carbocycles. The highest BCUT2D eigenvalue weighted by molar-refractivity contribution is 5.79. The first-order valence-electron chi connectivity index (χ1n) is 9.09. The summed E-state index contributed by atoms with van der Waals surface area (Å²) in [5, 5.41) is 9.55. The summed E-state index contributed by atoms with van der Waals surface area (Å²) < 4.78 is 6.41. The number of fused-ring (bicyclic) bond motifs is 1. The Morgan fingerprint density at radius 2 is 1.75 bits per heavy atom. The first kappa shape index (κ1) is 14.2. The average molecular weight is 318 g/mol. The smallest absolute Gasteiger partial charge is 0.128 e. The summed E-state index contributed by atoms with van der Waals surface area (Å²) >= 11 is 0. The van der Waals surface area contributed by atoms with Crippen LogP contribution in [0.1, 0.15) is 67.2 Å². The van der Waals surface area contributed by atoms with Crippen LogP contribution in [0.4, 0.5) is 0 Å². The predicted octanol–water partition coefficient (Wildman–Crippen LogP) is 5.73. The second kappa shape index (κ2) is 5.41. The minimum Gasteiger partial charge on any atom is -0.508 e. The van der Waals surface area contributed by atoms with E-state index in [9.17, 15) is 5.11 Å². The predicted molar refractivity (Wildman–Crippen MR) is 95.3 cm³/mol. The molecule has 1 atom stereocenters. The fourth-order valence-corrected chi connectivity index (χ4v) is 4.04. The molecule has 2 fully saturated rings. The fourth-order valence-electron chi connectivity index (χ4n) is 4.04. The number of rotatable bonds is 2. The molecule has 3 aliphatic rings. The normalized spacial score (nSPS) is 22.6. The van der Waals surface area contributed by atoms with E-state index in [0.29, 0.717) is 5.75 Å². The van der Waals surface area contributed by atoms with Gasteiger partial charge in [0.2, 0.25) is 0 Å². The molecule has 0 aromatic heterocycles. The zero-order chi connectivity index (χ0) is 16.1. The van der Waals surface area contributed by atoms with Gasteiger partial charge < -0.3 is 9.84 Å². The number of benzene rings is 2. The van der Waals surface area contributed by atoms with Gasteiger partial charge in [0, 0.05) is 12.0 Å². The quantitative estimate of drug-likeness (QED) is 0.766. The monoisotopic (exact) mass is 318 g/mol. The van der Waals surface area contributed by atoms with E-state index in [2.05, 4.69) is 18.2 Å². The Morgan fingerprint density at radius 3 is 2.42 bits per heavy atom. The molecule has 1 aliphatic heterocycles. The molecule has 2 nitrogen and oxygen atoms in total. The van der Waals surface area contributed by atoms with Gasteiger partial charge in [0.05, 0.1) is 0 Å². The van der Waals surface area contributed by atoms with Crippen molar-refractivity contribution in [2.45, 2.75) is 50.5 Å².